The second-order valence-corrected chi connectivity index (χ2v) is 5.85. The molecule has 0 bridgehead atoms. The van der Waals surface area contributed by atoms with Gasteiger partial charge in [0.25, 0.3) is 0 Å². The lowest BCUT2D eigenvalue weighted by Crippen LogP contribution is -2.29. The van der Waals surface area contributed by atoms with Crippen LogP contribution in [0.15, 0.2) is 0 Å². The summed E-state index contributed by atoms with van der Waals surface area (Å²) in [5, 5.41) is -0.101. The lowest BCUT2D eigenvalue weighted by atomic mass is 10.0. The first-order valence-electron chi connectivity index (χ1n) is 3.74. The fourth-order valence-corrected chi connectivity index (χ4v) is 3.15. The molecule has 0 spiro atoms. The molecule has 1 rings (SSSR count). The van der Waals surface area contributed by atoms with Crippen molar-refractivity contribution >= 4 is 9.84 Å². The standard InChI is InChI=1S/C7H14O2S/c1-6-3-4-10(8,9)7(2)5-6/h6-7H,3-5H2,1-2H3/t6?,7-/m1/s1. The zero-order valence-electron chi connectivity index (χ0n) is 6.50. The van der Waals surface area contributed by atoms with Crippen LogP contribution in [0.25, 0.3) is 0 Å². The van der Waals surface area contributed by atoms with Gasteiger partial charge in [-0.05, 0) is 25.7 Å². The predicted molar refractivity (Wildman–Crippen MR) is 41.6 cm³/mol. The van der Waals surface area contributed by atoms with Gasteiger partial charge in [-0.25, -0.2) is 8.42 Å². The Hall–Kier alpha value is -0.0500. The van der Waals surface area contributed by atoms with Crippen molar-refractivity contribution in [3.8, 4) is 0 Å². The molecule has 1 aliphatic rings. The molecule has 3 heteroatoms. The molecule has 0 amide bonds. The first-order chi connectivity index (χ1) is 4.52. The van der Waals surface area contributed by atoms with E-state index in [9.17, 15) is 8.42 Å². The third-order valence-electron chi connectivity index (χ3n) is 2.24. The summed E-state index contributed by atoms with van der Waals surface area (Å²) >= 11 is 0. The lowest BCUT2D eigenvalue weighted by molar-refractivity contribution is 0.464. The summed E-state index contributed by atoms with van der Waals surface area (Å²) < 4.78 is 22.3. The number of rotatable bonds is 0. The maximum atomic E-state index is 11.1. The molecule has 1 fully saturated rings. The Kier molecular flexibility index (Phi) is 2.04. The minimum absolute atomic E-state index is 0.101. The Bertz CT molecular complexity index is 206. The van der Waals surface area contributed by atoms with Crippen LogP contribution in [0.2, 0.25) is 0 Å². The maximum Gasteiger partial charge on any atom is 0.152 e. The second-order valence-electron chi connectivity index (χ2n) is 3.31. The number of sulfone groups is 1. The molecule has 1 unspecified atom stereocenters. The molecule has 1 saturated heterocycles. The summed E-state index contributed by atoms with van der Waals surface area (Å²) in [7, 11) is -2.69. The van der Waals surface area contributed by atoms with Gasteiger partial charge in [-0.2, -0.15) is 0 Å². The summed E-state index contributed by atoms with van der Waals surface area (Å²) in [5.74, 6) is 0.994. The maximum absolute atomic E-state index is 11.1. The monoisotopic (exact) mass is 162 g/mol. The summed E-state index contributed by atoms with van der Waals surface area (Å²) in [6, 6.07) is 0. The minimum atomic E-state index is -2.69. The molecule has 2 nitrogen and oxygen atoms in total. The molecule has 60 valence electrons. The normalized spacial score (nSPS) is 39.4. The van der Waals surface area contributed by atoms with Crippen LogP contribution < -0.4 is 0 Å². The molecule has 1 aliphatic heterocycles. The first kappa shape index (κ1) is 8.05. The van der Waals surface area contributed by atoms with Crippen molar-refractivity contribution in [1.29, 1.82) is 0 Å². The van der Waals surface area contributed by atoms with E-state index >= 15 is 0 Å². The molecule has 1 heterocycles. The highest BCUT2D eigenvalue weighted by Gasteiger charge is 2.28. The van der Waals surface area contributed by atoms with Gasteiger partial charge in [0.1, 0.15) is 0 Å². The van der Waals surface area contributed by atoms with Crippen molar-refractivity contribution in [1.82, 2.24) is 0 Å². The third kappa shape index (κ3) is 1.51. The fourth-order valence-electron chi connectivity index (χ4n) is 1.40. The van der Waals surface area contributed by atoms with E-state index in [0.29, 0.717) is 11.7 Å². The molecule has 2 atom stereocenters. The molecule has 10 heavy (non-hydrogen) atoms. The van der Waals surface area contributed by atoms with Crippen LogP contribution in [0, 0.1) is 5.92 Å². The largest absolute Gasteiger partial charge is 0.229 e. The fraction of sp³-hybridized carbons (Fsp3) is 1.00. The molecule has 0 radical (unpaired) electrons. The number of hydrogen-bond acceptors (Lipinski definition) is 2. The minimum Gasteiger partial charge on any atom is -0.229 e. The quantitative estimate of drug-likeness (QED) is 0.536. The van der Waals surface area contributed by atoms with Crippen LogP contribution in [0.1, 0.15) is 26.7 Å². The Labute approximate surface area is 62.5 Å². The van der Waals surface area contributed by atoms with Crippen LogP contribution in [-0.4, -0.2) is 19.4 Å². The summed E-state index contributed by atoms with van der Waals surface area (Å²) in [5.41, 5.74) is 0. The van der Waals surface area contributed by atoms with E-state index in [0.717, 1.165) is 12.8 Å². The van der Waals surface area contributed by atoms with Crippen LogP contribution in [0.3, 0.4) is 0 Å². The van der Waals surface area contributed by atoms with Crippen LogP contribution >= 0.6 is 0 Å². The molecular formula is C7H14O2S. The van der Waals surface area contributed by atoms with Crippen LogP contribution in [-0.2, 0) is 9.84 Å². The molecule has 0 saturated carbocycles. The van der Waals surface area contributed by atoms with E-state index in [1.165, 1.54) is 0 Å². The smallest absolute Gasteiger partial charge is 0.152 e. The molecule has 0 aromatic carbocycles. The van der Waals surface area contributed by atoms with Gasteiger partial charge >= 0.3 is 0 Å². The summed E-state index contributed by atoms with van der Waals surface area (Å²) in [6.45, 7) is 3.93. The van der Waals surface area contributed by atoms with Crippen molar-refractivity contribution in [2.24, 2.45) is 5.92 Å². The Balaban J connectivity index is 2.70. The van der Waals surface area contributed by atoms with Gasteiger partial charge in [0.2, 0.25) is 0 Å². The van der Waals surface area contributed by atoms with E-state index in [2.05, 4.69) is 6.92 Å². The molecule has 0 N–H and O–H groups in total. The molecule has 0 aromatic rings. The zero-order valence-corrected chi connectivity index (χ0v) is 7.32. The van der Waals surface area contributed by atoms with Gasteiger partial charge in [-0.3, -0.25) is 0 Å². The van der Waals surface area contributed by atoms with Crippen LogP contribution in [0.4, 0.5) is 0 Å². The third-order valence-corrected chi connectivity index (χ3v) is 4.47. The van der Waals surface area contributed by atoms with Crippen molar-refractivity contribution in [3.63, 3.8) is 0 Å². The summed E-state index contributed by atoms with van der Waals surface area (Å²) in [4.78, 5) is 0. The van der Waals surface area contributed by atoms with E-state index in [1.54, 1.807) is 0 Å². The van der Waals surface area contributed by atoms with Crippen LogP contribution in [0.5, 0.6) is 0 Å². The SMILES string of the molecule is CC1CCS(=O)(=O)[C@H](C)C1. The highest BCUT2D eigenvalue weighted by molar-refractivity contribution is 7.92. The van der Waals surface area contributed by atoms with Gasteiger partial charge in [0.05, 0.1) is 11.0 Å². The van der Waals surface area contributed by atoms with Gasteiger partial charge in [0, 0.05) is 0 Å². The van der Waals surface area contributed by atoms with Gasteiger partial charge < -0.3 is 0 Å². The molecule has 0 aromatic heterocycles. The Morgan fingerprint density at radius 1 is 1.30 bits per heavy atom. The van der Waals surface area contributed by atoms with Crippen molar-refractivity contribution < 1.29 is 8.42 Å². The Morgan fingerprint density at radius 3 is 2.30 bits per heavy atom. The van der Waals surface area contributed by atoms with E-state index in [4.69, 9.17) is 0 Å². The predicted octanol–water partition coefficient (Wildman–Crippen LogP) is 1.22. The lowest BCUT2D eigenvalue weighted by Gasteiger charge is -2.23. The van der Waals surface area contributed by atoms with E-state index in [1.807, 2.05) is 6.92 Å². The highest BCUT2D eigenvalue weighted by atomic mass is 32.2. The Morgan fingerprint density at radius 2 is 1.90 bits per heavy atom. The van der Waals surface area contributed by atoms with Crippen molar-refractivity contribution in [2.45, 2.75) is 31.9 Å². The molecular weight excluding hydrogens is 148 g/mol. The van der Waals surface area contributed by atoms with Gasteiger partial charge in [0.15, 0.2) is 9.84 Å². The van der Waals surface area contributed by atoms with Gasteiger partial charge in [-0.1, -0.05) is 6.92 Å². The van der Waals surface area contributed by atoms with Crippen molar-refractivity contribution in [3.05, 3.63) is 0 Å². The summed E-state index contributed by atoms with van der Waals surface area (Å²) in [6.07, 6.45) is 1.70. The van der Waals surface area contributed by atoms with Gasteiger partial charge in [-0.15, -0.1) is 0 Å². The first-order valence-corrected chi connectivity index (χ1v) is 5.45. The second kappa shape index (κ2) is 2.53. The highest BCUT2D eigenvalue weighted by Crippen LogP contribution is 2.23. The average Bonchev–Trinajstić information content (AvgIpc) is 1.81. The van der Waals surface area contributed by atoms with E-state index in [-0.39, 0.29) is 5.25 Å². The zero-order chi connectivity index (χ0) is 7.78. The van der Waals surface area contributed by atoms with E-state index < -0.39 is 9.84 Å². The topological polar surface area (TPSA) is 34.1 Å². The molecule has 0 aliphatic carbocycles. The number of hydrogen-bond donors (Lipinski definition) is 0. The average molecular weight is 162 g/mol. The van der Waals surface area contributed by atoms with Crippen molar-refractivity contribution in [2.75, 3.05) is 5.75 Å².